The Hall–Kier alpha value is -0.220. The average Bonchev–Trinajstić information content (AvgIpc) is 2.47. The molecule has 0 aliphatic carbocycles. The van der Waals surface area contributed by atoms with Gasteiger partial charge in [0.2, 0.25) is 0 Å². The zero-order valence-corrected chi connectivity index (χ0v) is 10.2. The van der Waals surface area contributed by atoms with Gasteiger partial charge in [-0.3, -0.25) is 0 Å². The minimum atomic E-state index is -0.964. The van der Waals surface area contributed by atoms with E-state index in [1.54, 1.807) is 0 Å². The molecule has 0 bridgehead atoms. The number of carboxylic acids is 1. The topological polar surface area (TPSA) is 40.1 Å². The van der Waals surface area contributed by atoms with Crippen molar-refractivity contribution in [2.75, 3.05) is 39.2 Å². The summed E-state index contributed by atoms with van der Waals surface area (Å²) in [5.74, 6) is -0.308. The molecule has 0 aromatic rings. The molecule has 0 radical (unpaired) electrons. The fraction of sp³-hybridized carbons (Fsp3) is 0.900. The Morgan fingerprint density at radius 3 is 2.00 bits per heavy atom. The second kappa shape index (κ2) is 7.12. The number of carbonyl (C=O) groups excluding carboxylic acids is 1. The van der Waals surface area contributed by atoms with E-state index < -0.39 is 5.97 Å². The number of carboxylic acid groups (broad SMARTS) is 1. The first-order valence-electron chi connectivity index (χ1n) is 4.99. The summed E-state index contributed by atoms with van der Waals surface area (Å²) in [6.45, 7) is 2.78. The minimum Gasteiger partial charge on any atom is -0.550 e. The molecule has 0 N–H and O–H groups in total. The number of thioether (sulfide) groups is 1. The third-order valence-corrected chi connectivity index (χ3v) is 2.90. The van der Waals surface area contributed by atoms with E-state index >= 15 is 0 Å². The van der Waals surface area contributed by atoms with Crippen LogP contribution in [0.5, 0.6) is 0 Å². The maximum Gasteiger partial charge on any atom is 0.0784 e. The van der Waals surface area contributed by atoms with Gasteiger partial charge in [0.05, 0.1) is 27.2 Å². The molecule has 0 unspecified atom stereocenters. The zero-order valence-electron chi connectivity index (χ0n) is 9.41. The first-order chi connectivity index (χ1) is 6.48. The SMILES string of the molecule is CSCCC(=O)[O-].C[N+]1(C)CCCC1. The summed E-state index contributed by atoms with van der Waals surface area (Å²) in [7, 11) is 4.60. The van der Waals surface area contributed by atoms with Crippen LogP contribution in [-0.4, -0.2) is 49.6 Å². The Bertz CT molecular complexity index is 164. The number of aliphatic carboxylic acids is 1. The van der Waals surface area contributed by atoms with Crippen molar-refractivity contribution in [3.8, 4) is 0 Å². The second-order valence-corrected chi connectivity index (χ2v) is 5.19. The number of quaternary nitrogens is 1. The van der Waals surface area contributed by atoms with Gasteiger partial charge >= 0.3 is 0 Å². The van der Waals surface area contributed by atoms with Gasteiger partial charge in [0.1, 0.15) is 0 Å². The van der Waals surface area contributed by atoms with Crippen molar-refractivity contribution in [3.05, 3.63) is 0 Å². The highest BCUT2D eigenvalue weighted by Crippen LogP contribution is 2.11. The molecule has 0 aromatic carbocycles. The predicted molar refractivity (Wildman–Crippen MR) is 59.1 cm³/mol. The third kappa shape index (κ3) is 8.38. The van der Waals surface area contributed by atoms with Crippen LogP contribution in [0.25, 0.3) is 0 Å². The van der Waals surface area contributed by atoms with Gasteiger partial charge in [-0.05, 0) is 18.4 Å². The Morgan fingerprint density at radius 2 is 1.86 bits per heavy atom. The molecule has 3 nitrogen and oxygen atoms in total. The lowest BCUT2D eigenvalue weighted by atomic mass is 10.4. The number of rotatable bonds is 3. The molecule has 1 saturated heterocycles. The molecule has 1 aliphatic rings. The van der Waals surface area contributed by atoms with Crippen LogP contribution in [0.3, 0.4) is 0 Å². The van der Waals surface area contributed by atoms with E-state index in [0.717, 1.165) is 0 Å². The standard InChI is InChI=1S/C6H14N.C4H8O2S/c1-7(2)5-3-4-6-7;1-7-3-2-4(5)6/h3-6H2,1-2H3;2-3H2,1H3,(H,5,6)/q+1;/p-1. The fourth-order valence-electron chi connectivity index (χ4n) is 1.38. The van der Waals surface area contributed by atoms with Crippen molar-refractivity contribution in [2.24, 2.45) is 0 Å². The molecular formula is C10H21NO2S. The summed E-state index contributed by atoms with van der Waals surface area (Å²) < 4.78 is 1.25. The van der Waals surface area contributed by atoms with Gasteiger partial charge in [0, 0.05) is 18.8 Å². The van der Waals surface area contributed by atoms with Crippen LogP contribution in [0.2, 0.25) is 0 Å². The van der Waals surface area contributed by atoms with Crippen molar-refractivity contribution >= 4 is 17.7 Å². The Balaban J connectivity index is 0.000000241. The lowest BCUT2D eigenvalue weighted by Gasteiger charge is -2.21. The van der Waals surface area contributed by atoms with Gasteiger partial charge in [-0.15, -0.1) is 0 Å². The Morgan fingerprint density at radius 1 is 1.36 bits per heavy atom. The van der Waals surface area contributed by atoms with E-state index in [0.29, 0.717) is 5.75 Å². The molecule has 0 atom stereocenters. The lowest BCUT2D eigenvalue weighted by molar-refractivity contribution is -0.877. The number of hydrogen-bond acceptors (Lipinski definition) is 3. The van der Waals surface area contributed by atoms with E-state index in [2.05, 4.69) is 14.1 Å². The summed E-state index contributed by atoms with van der Waals surface area (Å²) in [5, 5.41) is 9.63. The molecule has 0 amide bonds. The summed E-state index contributed by atoms with van der Waals surface area (Å²) in [6, 6.07) is 0. The van der Waals surface area contributed by atoms with Crippen molar-refractivity contribution in [3.63, 3.8) is 0 Å². The van der Waals surface area contributed by atoms with Gasteiger partial charge < -0.3 is 14.4 Å². The summed E-state index contributed by atoms with van der Waals surface area (Å²) in [5.41, 5.74) is 0. The molecule has 1 heterocycles. The highest BCUT2D eigenvalue weighted by molar-refractivity contribution is 7.98. The monoisotopic (exact) mass is 219 g/mol. The quantitative estimate of drug-likeness (QED) is 0.643. The number of carbonyl (C=O) groups is 1. The summed E-state index contributed by atoms with van der Waals surface area (Å²) in [4.78, 5) is 9.63. The fourth-order valence-corrected chi connectivity index (χ4v) is 1.75. The molecular weight excluding hydrogens is 198 g/mol. The van der Waals surface area contributed by atoms with Crippen LogP contribution in [0.1, 0.15) is 19.3 Å². The Kier molecular flexibility index (Phi) is 7.01. The minimum absolute atomic E-state index is 0.168. The molecule has 0 saturated carbocycles. The van der Waals surface area contributed by atoms with Crippen molar-refractivity contribution in [2.45, 2.75) is 19.3 Å². The van der Waals surface area contributed by atoms with E-state index in [1.165, 1.54) is 42.2 Å². The number of nitrogens with zero attached hydrogens (tertiary/aromatic N) is 1. The first-order valence-corrected chi connectivity index (χ1v) is 6.38. The average molecular weight is 219 g/mol. The molecule has 4 heteroatoms. The van der Waals surface area contributed by atoms with Crippen LogP contribution in [-0.2, 0) is 4.79 Å². The normalized spacial score (nSPS) is 18.5. The van der Waals surface area contributed by atoms with E-state index in [1.807, 2.05) is 6.26 Å². The molecule has 0 spiro atoms. The number of hydrogen-bond donors (Lipinski definition) is 0. The molecule has 1 aliphatic heterocycles. The summed E-state index contributed by atoms with van der Waals surface area (Å²) in [6.07, 6.45) is 4.91. The van der Waals surface area contributed by atoms with Gasteiger partial charge in [-0.25, -0.2) is 0 Å². The lowest BCUT2D eigenvalue weighted by Crippen LogP contribution is -2.35. The van der Waals surface area contributed by atoms with Crippen LogP contribution in [0.15, 0.2) is 0 Å². The van der Waals surface area contributed by atoms with E-state index in [9.17, 15) is 9.90 Å². The van der Waals surface area contributed by atoms with E-state index in [4.69, 9.17) is 0 Å². The molecule has 1 rings (SSSR count). The smallest absolute Gasteiger partial charge is 0.0784 e. The maximum atomic E-state index is 9.63. The van der Waals surface area contributed by atoms with E-state index in [-0.39, 0.29) is 6.42 Å². The van der Waals surface area contributed by atoms with Crippen molar-refractivity contribution in [1.82, 2.24) is 0 Å². The third-order valence-electron chi connectivity index (χ3n) is 2.29. The maximum absolute atomic E-state index is 9.63. The van der Waals surface area contributed by atoms with Gasteiger partial charge in [-0.1, -0.05) is 0 Å². The highest BCUT2D eigenvalue weighted by Gasteiger charge is 2.19. The van der Waals surface area contributed by atoms with Crippen molar-refractivity contribution in [1.29, 1.82) is 0 Å². The van der Waals surface area contributed by atoms with Crippen LogP contribution < -0.4 is 5.11 Å². The zero-order chi connectivity index (χ0) is 11.0. The largest absolute Gasteiger partial charge is 0.550 e. The van der Waals surface area contributed by atoms with Crippen LogP contribution in [0.4, 0.5) is 0 Å². The van der Waals surface area contributed by atoms with Gasteiger partial charge in [-0.2, -0.15) is 11.8 Å². The predicted octanol–water partition coefficient (Wildman–Crippen LogP) is 0.346. The van der Waals surface area contributed by atoms with Gasteiger partial charge in [0.15, 0.2) is 0 Å². The van der Waals surface area contributed by atoms with Crippen LogP contribution >= 0.6 is 11.8 Å². The molecule has 1 fully saturated rings. The van der Waals surface area contributed by atoms with Crippen molar-refractivity contribution < 1.29 is 14.4 Å². The summed E-state index contributed by atoms with van der Waals surface area (Å²) >= 11 is 1.51. The highest BCUT2D eigenvalue weighted by atomic mass is 32.2. The molecule has 0 aromatic heterocycles. The second-order valence-electron chi connectivity index (χ2n) is 4.20. The molecule has 14 heavy (non-hydrogen) atoms. The number of likely N-dealkylation sites (tertiary alicyclic amines) is 1. The van der Waals surface area contributed by atoms with Crippen LogP contribution in [0, 0.1) is 0 Å². The van der Waals surface area contributed by atoms with Gasteiger partial charge in [0.25, 0.3) is 0 Å². The first kappa shape index (κ1) is 13.8. The molecule has 84 valence electrons. The Labute approximate surface area is 91.1 Å².